The Morgan fingerprint density at radius 3 is 2.89 bits per heavy atom. The smallest absolute Gasteiger partial charge is 0.311 e. The largest absolute Gasteiger partial charge is 0.353 e. The van der Waals surface area contributed by atoms with Crippen LogP contribution in [0, 0.1) is 27.4 Å². The summed E-state index contributed by atoms with van der Waals surface area (Å²) in [4.78, 5) is 16.0. The fourth-order valence-electron chi connectivity index (χ4n) is 1.48. The van der Waals surface area contributed by atoms with Crippen LogP contribution in [0.4, 0.5) is 17.3 Å². The molecule has 1 heterocycles. The molecule has 0 aliphatic heterocycles. The number of nitriles is 1. The van der Waals surface area contributed by atoms with Gasteiger partial charge in [0.2, 0.25) is 5.82 Å². The Morgan fingerprint density at radius 1 is 1.72 bits per heavy atom. The Labute approximate surface area is 104 Å². The van der Waals surface area contributed by atoms with Crippen molar-refractivity contribution in [2.75, 3.05) is 23.9 Å². The number of nitrogens with zero attached hydrogens (tertiary/aromatic N) is 4. The van der Waals surface area contributed by atoms with E-state index in [1.54, 1.807) is 18.9 Å². The van der Waals surface area contributed by atoms with Gasteiger partial charge in [0.15, 0.2) is 0 Å². The Morgan fingerprint density at radius 2 is 2.39 bits per heavy atom. The van der Waals surface area contributed by atoms with E-state index in [0.717, 1.165) is 0 Å². The number of nitro groups is 1. The van der Waals surface area contributed by atoms with Crippen LogP contribution in [0.1, 0.15) is 6.92 Å². The van der Waals surface area contributed by atoms with E-state index in [4.69, 9.17) is 11.1 Å². The Kier molecular flexibility index (Phi) is 4.39. The molecule has 1 aromatic heterocycles. The summed E-state index contributed by atoms with van der Waals surface area (Å²) >= 11 is 0. The van der Waals surface area contributed by atoms with Gasteiger partial charge in [-0.05, 0) is 13.0 Å². The van der Waals surface area contributed by atoms with Gasteiger partial charge < -0.3 is 10.3 Å². The summed E-state index contributed by atoms with van der Waals surface area (Å²) in [5, 5.41) is 19.6. The first-order valence-electron chi connectivity index (χ1n) is 5.22. The van der Waals surface area contributed by atoms with Gasteiger partial charge in [-0.3, -0.25) is 10.1 Å². The highest BCUT2D eigenvalue weighted by molar-refractivity contribution is 5.61. The topological polar surface area (TPSA) is 121 Å². The second-order valence-corrected chi connectivity index (χ2v) is 3.85. The van der Waals surface area contributed by atoms with E-state index in [1.165, 1.54) is 12.1 Å². The van der Waals surface area contributed by atoms with Crippen molar-refractivity contribution in [2.24, 2.45) is 11.8 Å². The molecule has 1 aromatic rings. The molecule has 0 saturated heterocycles. The summed E-state index contributed by atoms with van der Waals surface area (Å²) in [5.74, 6) is 5.47. The summed E-state index contributed by atoms with van der Waals surface area (Å²) in [7, 11) is 1.64. The number of aromatic nitrogens is 1. The Hall–Kier alpha value is -2.40. The highest BCUT2D eigenvalue weighted by atomic mass is 16.6. The average Bonchev–Trinajstić information content (AvgIpc) is 2.37. The van der Waals surface area contributed by atoms with Crippen molar-refractivity contribution in [3.63, 3.8) is 0 Å². The van der Waals surface area contributed by atoms with Gasteiger partial charge >= 0.3 is 5.69 Å². The number of pyridine rings is 1. The number of hydrogen-bond acceptors (Lipinski definition) is 7. The summed E-state index contributed by atoms with van der Waals surface area (Å²) in [6.45, 7) is 2.08. The van der Waals surface area contributed by atoms with Crippen LogP contribution in [0.5, 0.6) is 0 Å². The second kappa shape index (κ2) is 5.79. The minimum atomic E-state index is -0.518. The third-order valence-electron chi connectivity index (χ3n) is 2.33. The lowest BCUT2D eigenvalue weighted by atomic mass is 10.2. The standard InChI is InChI=1S/C10H14N6O2/c1-7(5-11)6-15(2)10-8(16(17)18)3-4-9(13-10)14-12/h3-4,7H,6,12H2,1-2H3,(H,13,14). The van der Waals surface area contributed by atoms with Crippen molar-refractivity contribution in [2.45, 2.75) is 6.92 Å². The molecule has 0 radical (unpaired) electrons. The van der Waals surface area contributed by atoms with Gasteiger partial charge in [-0.15, -0.1) is 0 Å². The maximum absolute atomic E-state index is 10.9. The van der Waals surface area contributed by atoms with Crippen molar-refractivity contribution in [1.29, 1.82) is 5.26 Å². The number of rotatable bonds is 5. The molecule has 8 nitrogen and oxygen atoms in total. The lowest BCUT2D eigenvalue weighted by molar-refractivity contribution is -0.384. The SMILES string of the molecule is CC(C#N)CN(C)c1nc(NN)ccc1[N+](=O)[O-]. The molecule has 1 unspecified atom stereocenters. The molecule has 96 valence electrons. The molecule has 0 aliphatic rings. The molecule has 1 atom stereocenters. The predicted molar refractivity (Wildman–Crippen MR) is 66.7 cm³/mol. The normalized spacial score (nSPS) is 11.4. The average molecular weight is 250 g/mol. The van der Waals surface area contributed by atoms with Gasteiger partial charge in [0.1, 0.15) is 5.82 Å². The van der Waals surface area contributed by atoms with E-state index in [9.17, 15) is 10.1 Å². The zero-order valence-corrected chi connectivity index (χ0v) is 10.1. The minimum Gasteiger partial charge on any atom is -0.353 e. The van der Waals surface area contributed by atoms with Gasteiger partial charge in [0.25, 0.3) is 0 Å². The molecule has 1 rings (SSSR count). The first-order valence-corrected chi connectivity index (χ1v) is 5.22. The number of hydrogen-bond donors (Lipinski definition) is 2. The van der Waals surface area contributed by atoms with E-state index >= 15 is 0 Å². The zero-order chi connectivity index (χ0) is 13.7. The molecule has 8 heteroatoms. The van der Waals surface area contributed by atoms with Crippen LogP contribution >= 0.6 is 0 Å². The molecule has 0 saturated carbocycles. The molecular formula is C10H14N6O2. The van der Waals surface area contributed by atoms with Crippen LogP contribution in [-0.2, 0) is 0 Å². The van der Waals surface area contributed by atoms with E-state index < -0.39 is 4.92 Å². The molecule has 0 bridgehead atoms. The summed E-state index contributed by atoms with van der Waals surface area (Å²) in [6, 6.07) is 4.81. The summed E-state index contributed by atoms with van der Waals surface area (Å²) in [5.41, 5.74) is 2.21. The van der Waals surface area contributed by atoms with Gasteiger partial charge in [0.05, 0.1) is 16.9 Å². The third-order valence-corrected chi connectivity index (χ3v) is 2.33. The Balaban J connectivity index is 3.11. The minimum absolute atomic E-state index is 0.123. The molecule has 3 N–H and O–H groups in total. The van der Waals surface area contributed by atoms with Crippen LogP contribution < -0.4 is 16.2 Å². The first kappa shape index (κ1) is 13.7. The summed E-state index contributed by atoms with van der Waals surface area (Å²) < 4.78 is 0. The maximum Gasteiger partial charge on any atom is 0.311 e. The van der Waals surface area contributed by atoms with Gasteiger partial charge in [-0.1, -0.05) is 0 Å². The van der Waals surface area contributed by atoms with Crippen molar-refractivity contribution >= 4 is 17.3 Å². The number of nitrogens with two attached hydrogens (primary N) is 1. The number of hydrazine groups is 1. The van der Waals surface area contributed by atoms with Crippen LogP contribution in [-0.4, -0.2) is 23.5 Å². The van der Waals surface area contributed by atoms with E-state index in [2.05, 4.69) is 16.5 Å². The third kappa shape index (κ3) is 3.05. The van der Waals surface area contributed by atoms with Crippen LogP contribution in [0.2, 0.25) is 0 Å². The Bertz CT molecular complexity index is 484. The fraction of sp³-hybridized carbons (Fsp3) is 0.400. The summed E-state index contributed by atoms with van der Waals surface area (Å²) in [6.07, 6.45) is 0. The maximum atomic E-state index is 10.9. The second-order valence-electron chi connectivity index (χ2n) is 3.85. The van der Waals surface area contributed by atoms with Crippen molar-refractivity contribution < 1.29 is 4.92 Å². The number of nitrogen functional groups attached to an aromatic ring is 1. The van der Waals surface area contributed by atoms with E-state index in [1.807, 2.05) is 0 Å². The molecule has 0 aromatic carbocycles. The van der Waals surface area contributed by atoms with Crippen molar-refractivity contribution in [1.82, 2.24) is 4.98 Å². The lowest BCUT2D eigenvalue weighted by Crippen LogP contribution is -2.25. The molecule has 0 fully saturated rings. The van der Waals surface area contributed by atoms with Crippen molar-refractivity contribution in [3.8, 4) is 6.07 Å². The van der Waals surface area contributed by atoms with Gasteiger partial charge in [0, 0.05) is 19.7 Å². The first-order chi connectivity index (χ1) is 8.49. The van der Waals surface area contributed by atoms with E-state index in [0.29, 0.717) is 12.4 Å². The van der Waals surface area contributed by atoms with Crippen molar-refractivity contribution in [3.05, 3.63) is 22.2 Å². The highest BCUT2D eigenvalue weighted by Gasteiger charge is 2.20. The lowest BCUT2D eigenvalue weighted by Gasteiger charge is -2.19. The molecule has 0 amide bonds. The van der Waals surface area contributed by atoms with Crippen LogP contribution in [0.15, 0.2) is 12.1 Å². The molecular weight excluding hydrogens is 236 g/mol. The predicted octanol–water partition coefficient (Wildman–Crippen LogP) is 0.871. The van der Waals surface area contributed by atoms with Crippen LogP contribution in [0.3, 0.4) is 0 Å². The molecule has 0 aliphatic carbocycles. The highest BCUT2D eigenvalue weighted by Crippen LogP contribution is 2.26. The van der Waals surface area contributed by atoms with Gasteiger partial charge in [-0.2, -0.15) is 5.26 Å². The van der Waals surface area contributed by atoms with Gasteiger partial charge in [-0.25, -0.2) is 10.8 Å². The molecule has 18 heavy (non-hydrogen) atoms. The zero-order valence-electron chi connectivity index (χ0n) is 10.1. The quantitative estimate of drug-likeness (QED) is 0.451. The molecule has 0 spiro atoms. The van der Waals surface area contributed by atoms with Crippen LogP contribution in [0.25, 0.3) is 0 Å². The number of anilines is 2. The monoisotopic (exact) mass is 250 g/mol. The number of nitrogens with one attached hydrogen (secondary N) is 1. The fourth-order valence-corrected chi connectivity index (χ4v) is 1.48. The van der Waals surface area contributed by atoms with E-state index in [-0.39, 0.29) is 17.4 Å².